The number of aromatic hydroxyl groups is 1. The number of benzene rings is 1. The Morgan fingerprint density at radius 2 is 2.23 bits per heavy atom. The van der Waals surface area contributed by atoms with E-state index in [1.165, 1.54) is 6.07 Å². The zero-order valence-corrected chi connectivity index (χ0v) is 6.82. The lowest BCUT2D eigenvalue weighted by molar-refractivity contribution is -0.117. The van der Waals surface area contributed by atoms with Gasteiger partial charge in [0, 0.05) is 0 Å². The number of hydrogen-bond acceptors (Lipinski definition) is 3. The molecule has 4 heteroatoms. The van der Waals surface area contributed by atoms with Gasteiger partial charge in [0.1, 0.15) is 11.6 Å². The summed E-state index contributed by atoms with van der Waals surface area (Å²) in [4.78, 5) is 14.6. The average molecular weight is 176 g/mol. The van der Waals surface area contributed by atoms with Gasteiger partial charge in [-0.2, -0.15) is 4.99 Å². The molecule has 2 rings (SSSR count). The van der Waals surface area contributed by atoms with Crippen LogP contribution in [0.4, 0.5) is 0 Å². The molecule has 1 amide bonds. The van der Waals surface area contributed by atoms with E-state index in [0.717, 1.165) is 5.56 Å². The van der Waals surface area contributed by atoms with Gasteiger partial charge in [0.25, 0.3) is 5.91 Å². The maximum atomic E-state index is 11.0. The highest BCUT2D eigenvalue weighted by atomic mass is 16.3. The molecule has 13 heavy (non-hydrogen) atoms. The molecule has 3 N–H and O–H groups in total. The Kier molecular flexibility index (Phi) is 1.55. The molecule has 1 aliphatic rings. The van der Waals surface area contributed by atoms with Crippen LogP contribution in [0.25, 0.3) is 0 Å². The number of nitrogens with two attached hydrogens (primary N) is 1. The third-order valence-corrected chi connectivity index (χ3v) is 1.97. The van der Waals surface area contributed by atoms with Crippen molar-refractivity contribution in [3.05, 3.63) is 29.3 Å². The minimum atomic E-state index is -0.268. The second kappa shape index (κ2) is 2.58. The normalized spacial score (nSPS) is 15.1. The van der Waals surface area contributed by atoms with Gasteiger partial charge < -0.3 is 10.8 Å². The van der Waals surface area contributed by atoms with Gasteiger partial charge in [-0.3, -0.25) is 4.79 Å². The molecule has 0 aliphatic carbocycles. The highest BCUT2D eigenvalue weighted by Gasteiger charge is 2.19. The van der Waals surface area contributed by atoms with Gasteiger partial charge in [-0.15, -0.1) is 0 Å². The fourth-order valence-corrected chi connectivity index (χ4v) is 1.42. The molecule has 4 nitrogen and oxygen atoms in total. The lowest BCUT2D eigenvalue weighted by Gasteiger charge is -2.13. The summed E-state index contributed by atoms with van der Waals surface area (Å²) in [5.74, 6) is -0.0915. The predicted octanol–water partition coefficient (Wildman–Crippen LogP) is 0.180. The van der Waals surface area contributed by atoms with Gasteiger partial charge >= 0.3 is 0 Å². The molecule has 1 heterocycles. The zero-order valence-electron chi connectivity index (χ0n) is 6.82. The lowest BCUT2D eigenvalue weighted by Crippen LogP contribution is -2.23. The molecule has 0 atom stereocenters. The lowest BCUT2D eigenvalue weighted by atomic mass is 10.00. The molecular formula is C9H8N2O2. The first-order valence-electron chi connectivity index (χ1n) is 3.86. The van der Waals surface area contributed by atoms with E-state index >= 15 is 0 Å². The van der Waals surface area contributed by atoms with E-state index in [-0.39, 0.29) is 23.9 Å². The van der Waals surface area contributed by atoms with Crippen LogP contribution in [0.5, 0.6) is 5.75 Å². The summed E-state index contributed by atoms with van der Waals surface area (Å²) in [6, 6.07) is 4.96. The number of fused-ring (bicyclic) bond motifs is 1. The summed E-state index contributed by atoms with van der Waals surface area (Å²) in [6.07, 6.45) is 0.213. The number of nitrogens with zero attached hydrogens (tertiary/aromatic N) is 1. The van der Waals surface area contributed by atoms with Crippen LogP contribution in [0.3, 0.4) is 0 Å². The van der Waals surface area contributed by atoms with Crippen LogP contribution in [0.2, 0.25) is 0 Å². The van der Waals surface area contributed by atoms with Crippen LogP contribution in [-0.4, -0.2) is 16.8 Å². The molecule has 66 valence electrons. The van der Waals surface area contributed by atoms with Crippen molar-refractivity contribution in [2.45, 2.75) is 6.42 Å². The number of amides is 1. The molecule has 1 aliphatic heterocycles. The Hall–Kier alpha value is -1.84. The number of aliphatic imine (C=N–C) groups is 1. The van der Waals surface area contributed by atoms with E-state index in [1.54, 1.807) is 12.1 Å². The standard InChI is InChI=1S/C9H8N2O2/c10-9-8-5(4-7(13)11-9)2-1-3-6(8)12/h1-3,12H,4H2,(H2,10,11,13). The number of phenolic OH excluding ortho intramolecular Hbond substituents is 1. The Bertz CT molecular complexity index is 410. The fraction of sp³-hybridized carbons (Fsp3) is 0.111. The largest absolute Gasteiger partial charge is 0.507 e. The summed E-state index contributed by atoms with van der Waals surface area (Å²) in [6.45, 7) is 0. The topological polar surface area (TPSA) is 75.7 Å². The molecule has 0 bridgehead atoms. The van der Waals surface area contributed by atoms with Crippen molar-refractivity contribution in [3.8, 4) is 5.75 Å². The first-order chi connectivity index (χ1) is 6.18. The first kappa shape index (κ1) is 7.79. The van der Waals surface area contributed by atoms with Crippen LogP contribution >= 0.6 is 0 Å². The quantitative estimate of drug-likeness (QED) is 0.592. The van der Waals surface area contributed by atoms with E-state index < -0.39 is 0 Å². The smallest absolute Gasteiger partial charge is 0.252 e. The molecule has 0 radical (unpaired) electrons. The molecule has 0 spiro atoms. The number of rotatable bonds is 0. The summed E-state index contributed by atoms with van der Waals surface area (Å²) >= 11 is 0. The summed E-state index contributed by atoms with van der Waals surface area (Å²) in [5.41, 5.74) is 6.73. The van der Waals surface area contributed by atoms with Crippen molar-refractivity contribution in [1.82, 2.24) is 0 Å². The Labute approximate surface area is 74.7 Å². The van der Waals surface area contributed by atoms with Crippen molar-refractivity contribution in [3.63, 3.8) is 0 Å². The molecule has 0 saturated heterocycles. The third-order valence-electron chi connectivity index (χ3n) is 1.97. The van der Waals surface area contributed by atoms with Crippen molar-refractivity contribution in [2.75, 3.05) is 0 Å². The van der Waals surface area contributed by atoms with E-state index in [1.807, 2.05) is 0 Å². The molecule has 0 fully saturated rings. The van der Waals surface area contributed by atoms with Gasteiger partial charge in [0.2, 0.25) is 0 Å². The Balaban J connectivity index is 2.67. The van der Waals surface area contributed by atoms with Crippen molar-refractivity contribution >= 4 is 11.7 Å². The molecule has 1 aromatic rings. The highest BCUT2D eigenvalue weighted by molar-refractivity contribution is 6.10. The maximum absolute atomic E-state index is 11.0. The number of amidine groups is 1. The van der Waals surface area contributed by atoms with Crippen LogP contribution in [-0.2, 0) is 11.2 Å². The van der Waals surface area contributed by atoms with Gasteiger partial charge in [-0.1, -0.05) is 12.1 Å². The van der Waals surface area contributed by atoms with Crippen molar-refractivity contribution in [2.24, 2.45) is 10.7 Å². The van der Waals surface area contributed by atoms with Gasteiger partial charge in [0.15, 0.2) is 0 Å². The Morgan fingerprint density at radius 3 is 3.00 bits per heavy atom. The first-order valence-corrected chi connectivity index (χ1v) is 3.86. The van der Waals surface area contributed by atoms with Gasteiger partial charge in [-0.25, -0.2) is 0 Å². The minimum Gasteiger partial charge on any atom is -0.507 e. The van der Waals surface area contributed by atoms with E-state index in [9.17, 15) is 9.90 Å². The molecule has 0 aromatic heterocycles. The Morgan fingerprint density at radius 1 is 1.46 bits per heavy atom. The summed E-state index contributed by atoms with van der Waals surface area (Å²) in [7, 11) is 0. The summed E-state index contributed by atoms with van der Waals surface area (Å²) in [5, 5.41) is 9.44. The van der Waals surface area contributed by atoms with Gasteiger partial charge in [-0.05, 0) is 11.6 Å². The van der Waals surface area contributed by atoms with Crippen LogP contribution in [0.15, 0.2) is 23.2 Å². The average Bonchev–Trinajstić information content (AvgIpc) is 2.02. The number of carbonyl (C=O) groups excluding carboxylic acids is 1. The van der Waals surface area contributed by atoms with E-state index in [0.29, 0.717) is 5.56 Å². The monoisotopic (exact) mass is 176 g/mol. The predicted molar refractivity (Wildman–Crippen MR) is 47.5 cm³/mol. The highest BCUT2D eigenvalue weighted by Crippen LogP contribution is 2.23. The zero-order chi connectivity index (χ0) is 9.42. The van der Waals surface area contributed by atoms with Crippen molar-refractivity contribution < 1.29 is 9.90 Å². The fourth-order valence-electron chi connectivity index (χ4n) is 1.42. The maximum Gasteiger partial charge on any atom is 0.252 e. The molecule has 0 saturated carbocycles. The number of phenols is 1. The molecule has 1 aromatic carbocycles. The second-order valence-electron chi connectivity index (χ2n) is 2.88. The van der Waals surface area contributed by atoms with E-state index in [4.69, 9.17) is 5.73 Å². The third kappa shape index (κ3) is 1.16. The number of carbonyl (C=O) groups is 1. The summed E-state index contributed by atoms with van der Waals surface area (Å²) < 4.78 is 0. The van der Waals surface area contributed by atoms with Gasteiger partial charge in [0.05, 0.1) is 12.0 Å². The van der Waals surface area contributed by atoms with E-state index in [2.05, 4.69) is 4.99 Å². The van der Waals surface area contributed by atoms with Crippen LogP contribution < -0.4 is 5.73 Å². The SMILES string of the molecule is NC1=NC(=O)Cc2cccc(O)c21. The van der Waals surface area contributed by atoms with Crippen LogP contribution in [0, 0.1) is 0 Å². The second-order valence-corrected chi connectivity index (χ2v) is 2.88. The number of hydrogen-bond donors (Lipinski definition) is 2. The minimum absolute atomic E-state index is 0.0752. The van der Waals surface area contributed by atoms with Crippen LogP contribution in [0.1, 0.15) is 11.1 Å². The molecular weight excluding hydrogens is 168 g/mol. The molecule has 0 unspecified atom stereocenters. The van der Waals surface area contributed by atoms with Crippen molar-refractivity contribution in [1.29, 1.82) is 0 Å².